The molecule has 0 bridgehead atoms. The second-order valence-electron chi connectivity index (χ2n) is 3.80. The Hall–Kier alpha value is -1.33. The van der Waals surface area contributed by atoms with Crippen molar-refractivity contribution in [1.29, 1.82) is 0 Å². The number of carbonyl (C=O) groups excluding carboxylic acids is 1. The number of nitrogens with two attached hydrogens (primary N) is 1. The van der Waals surface area contributed by atoms with E-state index in [9.17, 15) is 4.79 Å². The molecule has 2 aromatic rings. The first-order valence-electron chi connectivity index (χ1n) is 5.22. The average molecular weight is 297 g/mol. The van der Waals surface area contributed by atoms with Crippen molar-refractivity contribution in [1.82, 2.24) is 4.98 Å². The van der Waals surface area contributed by atoms with Gasteiger partial charge in [0.15, 0.2) is 0 Å². The van der Waals surface area contributed by atoms with Crippen molar-refractivity contribution in [3.63, 3.8) is 0 Å². The van der Waals surface area contributed by atoms with Gasteiger partial charge in [0.1, 0.15) is 6.04 Å². The predicted octanol–water partition coefficient (Wildman–Crippen LogP) is 1.97. The molecule has 0 saturated carbocycles. The highest BCUT2D eigenvalue weighted by Crippen LogP contribution is 2.27. The number of aromatic amines is 1. The van der Waals surface area contributed by atoms with Crippen LogP contribution >= 0.6 is 15.9 Å². The number of ether oxygens (including phenoxy) is 1. The maximum absolute atomic E-state index is 11.3. The lowest BCUT2D eigenvalue weighted by molar-refractivity contribution is -0.142. The van der Waals surface area contributed by atoms with E-state index in [-0.39, 0.29) is 0 Å². The van der Waals surface area contributed by atoms with Gasteiger partial charge in [0.05, 0.1) is 11.7 Å². The molecular weight excluding hydrogens is 284 g/mol. The number of aromatic nitrogens is 1. The van der Waals surface area contributed by atoms with Crippen LogP contribution in [0.25, 0.3) is 10.9 Å². The highest BCUT2D eigenvalue weighted by molar-refractivity contribution is 9.10. The number of H-pyrrole nitrogens is 1. The number of methoxy groups -OCH3 is 1. The molecule has 1 aromatic carbocycles. The Morgan fingerprint density at radius 2 is 2.24 bits per heavy atom. The van der Waals surface area contributed by atoms with Gasteiger partial charge in [-0.2, -0.15) is 0 Å². The molecule has 0 unspecified atom stereocenters. The van der Waals surface area contributed by atoms with E-state index in [1.54, 1.807) is 0 Å². The molecule has 3 N–H and O–H groups in total. The van der Waals surface area contributed by atoms with Gasteiger partial charge in [0.2, 0.25) is 0 Å². The average Bonchev–Trinajstić information content (AvgIpc) is 2.65. The van der Waals surface area contributed by atoms with Gasteiger partial charge < -0.3 is 15.5 Å². The van der Waals surface area contributed by atoms with Gasteiger partial charge in [0.25, 0.3) is 0 Å². The lowest BCUT2D eigenvalue weighted by Crippen LogP contribution is -2.33. The number of fused-ring (bicyclic) bond motifs is 1. The topological polar surface area (TPSA) is 68.1 Å². The molecular formula is C12H13BrN2O2. The highest BCUT2D eigenvalue weighted by Gasteiger charge is 2.18. The van der Waals surface area contributed by atoms with Crippen LogP contribution in [0.3, 0.4) is 0 Å². The van der Waals surface area contributed by atoms with Crippen molar-refractivity contribution in [2.75, 3.05) is 7.11 Å². The van der Waals surface area contributed by atoms with Crippen molar-refractivity contribution >= 4 is 32.8 Å². The van der Waals surface area contributed by atoms with Crippen LogP contribution in [0.4, 0.5) is 0 Å². The number of halogens is 1. The Bertz CT molecular complexity index is 550. The van der Waals surface area contributed by atoms with Crippen molar-refractivity contribution in [2.24, 2.45) is 5.73 Å². The number of rotatable bonds is 3. The fourth-order valence-corrected chi connectivity index (χ4v) is 2.41. The second-order valence-corrected chi connectivity index (χ2v) is 4.59. The summed E-state index contributed by atoms with van der Waals surface area (Å²) in [7, 11) is 1.34. The minimum Gasteiger partial charge on any atom is -0.468 e. The molecule has 0 spiro atoms. The first-order valence-corrected chi connectivity index (χ1v) is 6.01. The highest BCUT2D eigenvalue weighted by atomic mass is 79.9. The molecule has 0 fully saturated rings. The molecule has 1 atom stereocenters. The van der Waals surface area contributed by atoms with Gasteiger partial charge in [-0.05, 0) is 27.6 Å². The Kier molecular flexibility index (Phi) is 3.49. The minimum atomic E-state index is -0.643. The molecule has 1 aromatic heterocycles. The number of nitrogens with one attached hydrogen (secondary N) is 1. The van der Waals surface area contributed by atoms with Gasteiger partial charge in [-0.3, -0.25) is 4.79 Å². The van der Waals surface area contributed by atoms with Gasteiger partial charge in [-0.15, -0.1) is 0 Å². The first kappa shape index (κ1) is 12.1. The van der Waals surface area contributed by atoms with Crippen LogP contribution in [0.2, 0.25) is 0 Å². The zero-order valence-corrected chi connectivity index (χ0v) is 11.0. The van der Waals surface area contributed by atoms with Crippen LogP contribution in [0, 0.1) is 0 Å². The number of para-hydroxylation sites is 1. The Morgan fingerprint density at radius 1 is 1.53 bits per heavy atom. The standard InChI is InChI=1S/C12H13BrN2O2/c1-17-12(16)9(14)6-8-7-4-2-3-5-10(7)15-11(8)13/h2-5,9,15H,6,14H2,1H3/t9-/m0/s1. The smallest absolute Gasteiger partial charge is 0.322 e. The quantitative estimate of drug-likeness (QED) is 0.851. The number of hydrogen-bond acceptors (Lipinski definition) is 3. The number of carbonyl (C=O) groups is 1. The summed E-state index contributed by atoms with van der Waals surface area (Å²) in [4.78, 5) is 14.5. The molecule has 0 amide bonds. The number of hydrogen-bond donors (Lipinski definition) is 2. The molecule has 0 saturated heterocycles. The van der Waals surface area contributed by atoms with E-state index < -0.39 is 12.0 Å². The van der Waals surface area contributed by atoms with Gasteiger partial charge in [-0.1, -0.05) is 18.2 Å². The van der Waals surface area contributed by atoms with Crippen molar-refractivity contribution in [3.8, 4) is 0 Å². The van der Waals surface area contributed by atoms with E-state index >= 15 is 0 Å². The zero-order valence-electron chi connectivity index (χ0n) is 9.37. The van der Waals surface area contributed by atoms with Crippen LogP contribution < -0.4 is 5.73 Å². The molecule has 0 radical (unpaired) electrons. The number of benzene rings is 1. The molecule has 4 nitrogen and oxygen atoms in total. The summed E-state index contributed by atoms with van der Waals surface area (Å²) in [6.45, 7) is 0. The molecule has 1 heterocycles. The van der Waals surface area contributed by atoms with Crippen LogP contribution in [0.1, 0.15) is 5.56 Å². The maximum Gasteiger partial charge on any atom is 0.322 e. The fraction of sp³-hybridized carbons (Fsp3) is 0.250. The molecule has 17 heavy (non-hydrogen) atoms. The first-order chi connectivity index (χ1) is 8.13. The van der Waals surface area contributed by atoms with Crippen molar-refractivity contribution < 1.29 is 9.53 Å². The molecule has 90 valence electrons. The lowest BCUT2D eigenvalue weighted by atomic mass is 10.1. The summed E-state index contributed by atoms with van der Waals surface area (Å²) >= 11 is 3.45. The summed E-state index contributed by atoms with van der Waals surface area (Å²) in [6, 6.07) is 7.24. The SMILES string of the molecule is COC(=O)[C@@H](N)Cc1c(Br)[nH]c2ccccc12. The fourth-order valence-electron chi connectivity index (χ4n) is 1.82. The van der Waals surface area contributed by atoms with E-state index in [2.05, 4.69) is 25.7 Å². The van der Waals surface area contributed by atoms with E-state index in [0.717, 1.165) is 21.1 Å². The summed E-state index contributed by atoms with van der Waals surface area (Å²) in [5.74, 6) is -0.401. The number of esters is 1. The van der Waals surface area contributed by atoms with E-state index in [4.69, 9.17) is 5.73 Å². The lowest BCUT2D eigenvalue weighted by Gasteiger charge is -2.08. The summed E-state index contributed by atoms with van der Waals surface area (Å²) in [5.41, 5.74) is 7.79. The second kappa shape index (κ2) is 4.89. The largest absolute Gasteiger partial charge is 0.468 e. The van der Waals surface area contributed by atoms with E-state index in [1.807, 2.05) is 24.3 Å². The summed E-state index contributed by atoms with van der Waals surface area (Å²) in [5, 5.41) is 1.07. The van der Waals surface area contributed by atoms with Crippen LogP contribution in [-0.4, -0.2) is 24.1 Å². The Morgan fingerprint density at radius 3 is 2.94 bits per heavy atom. The van der Waals surface area contributed by atoms with Crippen molar-refractivity contribution in [3.05, 3.63) is 34.4 Å². The third-order valence-electron chi connectivity index (χ3n) is 2.69. The van der Waals surface area contributed by atoms with Gasteiger partial charge in [-0.25, -0.2) is 0 Å². The molecule has 0 aliphatic carbocycles. The Balaban J connectivity index is 2.35. The third-order valence-corrected chi connectivity index (χ3v) is 3.37. The Labute approximate surface area is 107 Å². The normalized spacial score (nSPS) is 12.6. The predicted molar refractivity (Wildman–Crippen MR) is 69.7 cm³/mol. The summed E-state index contributed by atoms with van der Waals surface area (Å²) in [6.07, 6.45) is 0.442. The monoisotopic (exact) mass is 296 g/mol. The van der Waals surface area contributed by atoms with E-state index in [0.29, 0.717) is 6.42 Å². The van der Waals surface area contributed by atoms with Gasteiger partial charge >= 0.3 is 5.97 Å². The molecule has 0 aliphatic heterocycles. The van der Waals surface area contributed by atoms with Crippen LogP contribution in [0.15, 0.2) is 28.9 Å². The minimum absolute atomic E-state index is 0.401. The van der Waals surface area contributed by atoms with E-state index in [1.165, 1.54) is 7.11 Å². The molecule has 2 rings (SSSR count). The third kappa shape index (κ3) is 2.35. The zero-order chi connectivity index (χ0) is 12.4. The molecule has 0 aliphatic rings. The summed E-state index contributed by atoms with van der Waals surface area (Å²) < 4.78 is 5.48. The van der Waals surface area contributed by atoms with Gasteiger partial charge in [0, 0.05) is 17.3 Å². The maximum atomic E-state index is 11.3. The van der Waals surface area contributed by atoms with Crippen LogP contribution in [0.5, 0.6) is 0 Å². The molecule has 5 heteroatoms. The van der Waals surface area contributed by atoms with Crippen molar-refractivity contribution in [2.45, 2.75) is 12.5 Å². The van der Waals surface area contributed by atoms with Crippen LogP contribution in [-0.2, 0) is 16.0 Å².